The highest BCUT2D eigenvalue weighted by Crippen LogP contribution is 2.40. The Bertz CT molecular complexity index is 1280. The predicted octanol–water partition coefficient (Wildman–Crippen LogP) is 5.39. The quantitative estimate of drug-likeness (QED) is 0.508. The molecule has 0 saturated carbocycles. The first-order valence-corrected chi connectivity index (χ1v) is 11.5. The van der Waals surface area contributed by atoms with Gasteiger partial charge in [-0.1, -0.05) is 18.5 Å². The summed E-state index contributed by atoms with van der Waals surface area (Å²) >= 11 is 6.15. The summed E-state index contributed by atoms with van der Waals surface area (Å²) in [7, 11) is 0. The third-order valence-electron chi connectivity index (χ3n) is 6.28. The monoisotopic (exact) mass is 496 g/mol. The molecule has 5 nitrogen and oxygen atoms in total. The smallest absolute Gasteiger partial charge is 0.453 e. The number of halogens is 4. The van der Waals surface area contributed by atoms with Gasteiger partial charge in [0, 0.05) is 10.9 Å². The first-order chi connectivity index (χ1) is 16.0. The fraction of sp³-hybridized carbons (Fsp3) is 0.400. The predicted molar refractivity (Wildman–Crippen MR) is 123 cm³/mol. The summed E-state index contributed by atoms with van der Waals surface area (Å²) < 4.78 is 52.9. The van der Waals surface area contributed by atoms with Gasteiger partial charge in [0.05, 0.1) is 24.0 Å². The largest absolute Gasteiger partial charge is 0.507 e. The number of piperidine rings is 1. The highest BCUT2D eigenvalue weighted by molar-refractivity contribution is 6.32. The van der Waals surface area contributed by atoms with Gasteiger partial charge in [-0.15, -0.1) is 0 Å². The van der Waals surface area contributed by atoms with E-state index < -0.39 is 23.1 Å². The Kier molecular flexibility index (Phi) is 6.57. The van der Waals surface area contributed by atoms with Gasteiger partial charge in [-0.2, -0.15) is 13.2 Å². The molecular formula is C25H26ClF3NO4+. The van der Waals surface area contributed by atoms with Gasteiger partial charge in [-0.3, -0.25) is 4.79 Å². The average molecular weight is 497 g/mol. The minimum atomic E-state index is -4.99. The van der Waals surface area contributed by atoms with E-state index in [1.54, 1.807) is 13.8 Å². The standard InChI is InChI=1S/C25H25ClF3NO4/c1-13-5-4-8-30(11-13)12-18-19(31)7-6-17-21(32)23(24(25(27,28)29)34-22(17)18)33-16-9-14(2)20(26)15(3)10-16/h6-7,9-10,13,31H,4-5,8,11-12H2,1-3H3/p+1/t13-/m0/s1. The van der Waals surface area contributed by atoms with Crippen LogP contribution in [0.2, 0.25) is 5.02 Å². The van der Waals surface area contributed by atoms with Crippen molar-refractivity contribution in [3.63, 3.8) is 0 Å². The molecule has 1 fully saturated rings. The van der Waals surface area contributed by atoms with Crippen molar-refractivity contribution in [3.05, 3.63) is 62.0 Å². The van der Waals surface area contributed by atoms with Crippen LogP contribution in [-0.2, 0) is 12.7 Å². The van der Waals surface area contributed by atoms with Crippen molar-refractivity contribution in [2.75, 3.05) is 13.1 Å². The molecule has 0 amide bonds. The van der Waals surface area contributed by atoms with E-state index in [4.69, 9.17) is 20.8 Å². The van der Waals surface area contributed by atoms with Gasteiger partial charge >= 0.3 is 6.18 Å². The summed E-state index contributed by atoms with van der Waals surface area (Å²) in [5.74, 6) is -2.18. The molecule has 1 aliphatic heterocycles. The third-order valence-corrected chi connectivity index (χ3v) is 6.87. The van der Waals surface area contributed by atoms with Crippen molar-refractivity contribution in [2.24, 2.45) is 5.92 Å². The van der Waals surface area contributed by atoms with E-state index in [-0.39, 0.29) is 34.6 Å². The van der Waals surface area contributed by atoms with Crippen LogP contribution in [-0.4, -0.2) is 18.2 Å². The summed E-state index contributed by atoms with van der Waals surface area (Å²) in [6.07, 6.45) is -2.92. The van der Waals surface area contributed by atoms with E-state index in [1.807, 2.05) is 0 Å². The summed E-state index contributed by atoms with van der Waals surface area (Å²) in [4.78, 5) is 14.4. The van der Waals surface area contributed by atoms with Crippen LogP contribution in [0.1, 0.15) is 42.2 Å². The number of likely N-dealkylation sites (tertiary alicyclic amines) is 1. The Hall–Kier alpha value is -2.71. The Morgan fingerprint density at radius 3 is 2.53 bits per heavy atom. The number of fused-ring (bicyclic) bond motifs is 1. The van der Waals surface area contributed by atoms with Crippen LogP contribution in [0.4, 0.5) is 13.2 Å². The Labute approximate surface area is 199 Å². The topological polar surface area (TPSA) is 64.1 Å². The van der Waals surface area contributed by atoms with Crippen molar-refractivity contribution in [2.45, 2.75) is 46.3 Å². The van der Waals surface area contributed by atoms with E-state index in [0.717, 1.165) is 30.8 Å². The molecule has 9 heteroatoms. The maximum atomic E-state index is 14.0. The molecule has 0 aliphatic carbocycles. The molecule has 3 aromatic rings. The summed E-state index contributed by atoms with van der Waals surface area (Å²) in [5.41, 5.74) is 0.164. The summed E-state index contributed by atoms with van der Waals surface area (Å²) in [5, 5.41) is 10.9. The number of alkyl halides is 3. The van der Waals surface area contributed by atoms with E-state index in [9.17, 15) is 23.1 Å². The lowest BCUT2D eigenvalue weighted by Crippen LogP contribution is -3.12. The van der Waals surface area contributed by atoms with Crippen LogP contribution >= 0.6 is 11.6 Å². The van der Waals surface area contributed by atoms with Gasteiger partial charge in [-0.05, 0) is 62.1 Å². The fourth-order valence-electron chi connectivity index (χ4n) is 4.63. The SMILES string of the molecule is Cc1cc(Oc2c(C(F)(F)F)oc3c(C[NH+]4CCC[C@H](C)C4)c(O)ccc3c2=O)cc(C)c1Cl. The first-order valence-electron chi connectivity index (χ1n) is 11.1. The number of hydrogen-bond donors (Lipinski definition) is 2. The number of aryl methyl sites for hydroxylation is 2. The van der Waals surface area contributed by atoms with Crippen LogP contribution < -0.4 is 15.1 Å². The van der Waals surface area contributed by atoms with Gasteiger partial charge in [0.2, 0.25) is 11.2 Å². The van der Waals surface area contributed by atoms with E-state index in [2.05, 4.69) is 6.92 Å². The molecule has 1 aliphatic rings. The third kappa shape index (κ3) is 4.74. The number of quaternary nitrogens is 1. The average Bonchev–Trinajstić information content (AvgIpc) is 2.75. The Morgan fingerprint density at radius 1 is 1.24 bits per heavy atom. The lowest BCUT2D eigenvalue weighted by molar-refractivity contribution is -0.922. The minimum Gasteiger partial charge on any atom is -0.507 e. The molecule has 34 heavy (non-hydrogen) atoms. The van der Waals surface area contributed by atoms with Gasteiger partial charge in [0.15, 0.2) is 5.58 Å². The number of nitrogens with one attached hydrogen (secondary N) is 1. The lowest BCUT2D eigenvalue weighted by atomic mass is 9.99. The van der Waals surface area contributed by atoms with Crippen LogP contribution in [0, 0.1) is 19.8 Å². The molecule has 1 unspecified atom stereocenters. The van der Waals surface area contributed by atoms with Crippen LogP contribution in [0.15, 0.2) is 33.5 Å². The molecule has 2 heterocycles. The zero-order valence-corrected chi connectivity index (χ0v) is 19.9. The molecule has 2 aromatic carbocycles. The Morgan fingerprint density at radius 2 is 1.91 bits per heavy atom. The maximum absolute atomic E-state index is 14.0. The number of rotatable bonds is 4. The number of phenolic OH excluding ortho intramolecular Hbond substituents is 1. The van der Waals surface area contributed by atoms with Gasteiger partial charge < -0.3 is 19.2 Å². The molecular weight excluding hydrogens is 471 g/mol. The second kappa shape index (κ2) is 9.15. The molecule has 2 atom stereocenters. The zero-order valence-electron chi connectivity index (χ0n) is 19.1. The molecule has 0 bridgehead atoms. The zero-order chi connectivity index (χ0) is 24.8. The molecule has 0 radical (unpaired) electrons. The molecule has 4 rings (SSSR count). The summed E-state index contributed by atoms with van der Waals surface area (Å²) in [6, 6.07) is 5.50. The molecule has 182 valence electrons. The number of phenols is 1. The van der Waals surface area contributed by atoms with Crippen molar-refractivity contribution in [1.29, 1.82) is 0 Å². The molecule has 1 aromatic heterocycles. The highest BCUT2D eigenvalue weighted by Gasteiger charge is 2.41. The van der Waals surface area contributed by atoms with E-state index in [1.165, 1.54) is 24.3 Å². The van der Waals surface area contributed by atoms with Gasteiger partial charge in [0.1, 0.15) is 18.0 Å². The molecule has 1 saturated heterocycles. The van der Waals surface area contributed by atoms with Crippen LogP contribution in [0.5, 0.6) is 17.2 Å². The minimum absolute atomic E-state index is 0.0438. The van der Waals surface area contributed by atoms with Crippen molar-refractivity contribution < 1.29 is 32.3 Å². The fourth-order valence-corrected chi connectivity index (χ4v) is 4.74. The van der Waals surface area contributed by atoms with Gasteiger partial charge in [0.25, 0.3) is 5.76 Å². The van der Waals surface area contributed by atoms with E-state index >= 15 is 0 Å². The van der Waals surface area contributed by atoms with Crippen molar-refractivity contribution in [3.8, 4) is 17.2 Å². The number of ether oxygens (including phenoxy) is 1. The summed E-state index contributed by atoms with van der Waals surface area (Å²) in [6.45, 7) is 7.40. The molecule has 0 spiro atoms. The number of hydrogen-bond acceptors (Lipinski definition) is 4. The second-order valence-electron chi connectivity index (χ2n) is 9.13. The van der Waals surface area contributed by atoms with Crippen molar-refractivity contribution in [1.82, 2.24) is 0 Å². The second-order valence-corrected chi connectivity index (χ2v) is 9.51. The maximum Gasteiger partial charge on any atom is 0.453 e. The first kappa shape index (κ1) is 24.4. The molecule has 2 N–H and O–H groups in total. The van der Waals surface area contributed by atoms with Crippen LogP contribution in [0.3, 0.4) is 0 Å². The highest BCUT2D eigenvalue weighted by atomic mass is 35.5. The van der Waals surface area contributed by atoms with Gasteiger partial charge in [-0.25, -0.2) is 0 Å². The lowest BCUT2D eigenvalue weighted by Gasteiger charge is -2.28. The number of aromatic hydroxyl groups is 1. The number of benzene rings is 2. The Balaban J connectivity index is 1.87. The van der Waals surface area contributed by atoms with E-state index in [0.29, 0.717) is 22.1 Å². The van der Waals surface area contributed by atoms with Crippen LogP contribution in [0.25, 0.3) is 11.0 Å². The normalized spacial score (nSPS) is 18.9. The van der Waals surface area contributed by atoms with Crippen molar-refractivity contribution >= 4 is 22.6 Å².